The van der Waals surface area contributed by atoms with E-state index >= 15 is 0 Å². The lowest BCUT2D eigenvalue weighted by atomic mass is 10.1. The van der Waals surface area contributed by atoms with Gasteiger partial charge in [-0.15, -0.1) is 0 Å². The lowest BCUT2D eigenvalue weighted by Crippen LogP contribution is -2.50. The number of benzene rings is 1. The van der Waals surface area contributed by atoms with Crippen LogP contribution in [-0.2, 0) is 11.3 Å². The molecule has 3 heterocycles. The van der Waals surface area contributed by atoms with Gasteiger partial charge in [0.15, 0.2) is 0 Å². The summed E-state index contributed by atoms with van der Waals surface area (Å²) in [4.78, 5) is 33.5. The first-order valence-electron chi connectivity index (χ1n) is 9.97. The van der Waals surface area contributed by atoms with Crippen molar-refractivity contribution in [3.63, 3.8) is 0 Å². The van der Waals surface area contributed by atoms with Crippen molar-refractivity contribution < 1.29 is 9.59 Å². The molecule has 3 aromatic rings. The lowest BCUT2D eigenvalue weighted by molar-refractivity contribution is -0.131. The van der Waals surface area contributed by atoms with Gasteiger partial charge in [0, 0.05) is 50.7 Å². The number of amides is 2. The smallest absolute Gasteiger partial charge is 0.251 e. The van der Waals surface area contributed by atoms with Gasteiger partial charge in [0.2, 0.25) is 5.91 Å². The summed E-state index contributed by atoms with van der Waals surface area (Å²) in [5.74, 6) is -0.272. The zero-order valence-electron chi connectivity index (χ0n) is 16.8. The number of piperazine rings is 1. The summed E-state index contributed by atoms with van der Waals surface area (Å²) < 4.78 is 1.93. The third kappa shape index (κ3) is 4.63. The summed E-state index contributed by atoms with van der Waals surface area (Å²) in [6.07, 6.45) is 3.83. The third-order valence-electron chi connectivity index (χ3n) is 5.37. The molecule has 30 heavy (non-hydrogen) atoms. The zero-order chi connectivity index (χ0) is 21.1. The Balaban J connectivity index is 1.26. The molecule has 0 unspecified atom stereocenters. The van der Waals surface area contributed by atoms with Crippen molar-refractivity contribution in [3.8, 4) is 0 Å². The molecule has 0 atom stereocenters. The van der Waals surface area contributed by atoms with Gasteiger partial charge in [-0.25, -0.2) is 4.98 Å². The number of nitrogens with zero attached hydrogens (tertiary/aromatic N) is 4. The fourth-order valence-electron chi connectivity index (χ4n) is 3.67. The van der Waals surface area contributed by atoms with Gasteiger partial charge in [-0.3, -0.25) is 14.5 Å². The molecule has 0 aliphatic carbocycles. The molecule has 0 bridgehead atoms. The van der Waals surface area contributed by atoms with Crippen LogP contribution >= 0.6 is 11.6 Å². The van der Waals surface area contributed by atoms with E-state index in [0.717, 1.165) is 36.5 Å². The topological polar surface area (TPSA) is 70.0 Å². The molecule has 0 radical (unpaired) electrons. The van der Waals surface area contributed by atoms with Crippen LogP contribution in [-0.4, -0.2) is 63.7 Å². The maximum atomic E-state index is 12.5. The monoisotopic (exact) mass is 425 g/mol. The second kappa shape index (κ2) is 8.85. The van der Waals surface area contributed by atoms with Crippen molar-refractivity contribution in [1.29, 1.82) is 0 Å². The first-order chi connectivity index (χ1) is 14.5. The highest BCUT2D eigenvalue weighted by atomic mass is 35.5. The number of carbonyl (C=O) groups is 2. The summed E-state index contributed by atoms with van der Waals surface area (Å²) >= 11 is 6.03. The van der Waals surface area contributed by atoms with Crippen LogP contribution in [0.3, 0.4) is 0 Å². The molecule has 156 valence electrons. The van der Waals surface area contributed by atoms with Crippen molar-refractivity contribution in [1.82, 2.24) is 24.5 Å². The first-order valence-corrected chi connectivity index (χ1v) is 10.3. The van der Waals surface area contributed by atoms with Crippen LogP contribution in [0.2, 0.25) is 5.02 Å². The van der Waals surface area contributed by atoms with Gasteiger partial charge in [0.1, 0.15) is 5.65 Å². The highest BCUT2D eigenvalue weighted by Gasteiger charge is 2.22. The number of nitrogens with one attached hydrogen (secondary N) is 1. The summed E-state index contributed by atoms with van der Waals surface area (Å²) in [6.45, 7) is 5.44. The number of imidazole rings is 1. The summed E-state index contributed by atoms with van der Waals surface area (Å²) in [5.41, 5.74) is 3.34. The van der Waals surface area contributed by atoms with Gasteiger partial charge in [0.25, 0.3) is 5.91 Å². The van der Waals surface area contributed by atoms with Crippen molar-refractivity contribution >= 4 is 29.1 Å². The van der Waals surface area contributed by atoms with E-state index in [0.29, 0.717) is 23.7 Å². The molecular formula is C22H24ClN5O2. The Kier molecular flexibility index (Phi) is 6.01. The fourth-order valence-corrected chi connectivity index (χ4v) is 3.84. The first kappa shape index (κ1) is 20.4. The number of rotatable bonds is 5. The Labute approximate surface area is 180 Å². The minimum atomic E-state index is -0.216. The summed E-state index contributed by atoms with van der Waals surface area (Å²) in [6, 6.07) is 11.1. The number of hydrogen-bond acceptors (Lipinski definition) is 4. The molecule has 0 spiro atoms. The average molecular weight is 426 g/mol. The second-order valence-corrected chi connectivity index (χ2v) is 7.94. The van der Waals surface area contributed by atoms with Gasteiger partial charge >= 0.3 is 0 Å². The quantitative estimate of drug-likeness (QED) is 0.681. The minimum Gasteiger partial charge on any atom is -0.343 e. The van der Waals surface area contributed by atoms with Crippen LogP contribution in [0.1, 0.15) is 21.6 Å². The van der Waals surface area contributed by atoms with Crippen LogP contribution in [0.4, 0.5) is 0 Å². The SMILES string of the molecule is Cc1ccccc1C(=O)NCC(=O)N1CCN(Cc2cn3cc(Cl)ccc3n2)CC1. The largest absolute Gasteiger partial charge is 0.343 e. The summed E-state index contributed by atoms with van der Waals surface area (Å²) in [7, 11) is 0. The highest BCUT2D eigenvalue weighted by molar-refractivity contribution is 6.30. The predicted molar refractivity (Wildman–Crippen MR) is 116 cm³/mol. The number of pyridine rings is 1. The van der Waals surface area contributed by atoms with E-state index in [2.05, 4.69) is 15.2 Å². The predicted octanol–water partition coefficient (Wildman–Crippen LogP) is 2.37. The Morgan fingerprint density at radius 2 is 1.83 bits per heavy atom. The standard InChI is InChI=1S/C22H24ClN5O2/c1-16-4-2-3-5-19(16)22(30)24-12-21(29)27-10-8-26(9-11-27)14-18-15-28-13-17(23)6-7-20(28)25-18/h2-7,13,15H,8-12,14H2,1H3,(H,24,30). The van der Waals surface area contributed by atoms with Crippen LogP contribution in [0, 0.1) is 6.92 Å². The number of hydrogen-bond donors (Lipinski definition) is 1. The second-order valence-electron chi connectivity index (χ2n) is 7.50. The van der Waals surface area contributed by atoms with Gasteiger partial charge < -0.3 is 14.6 Å². The molecule has 1 saturated heterocycles. The van der Waals surface area contributed by atoms with Crippen molar-refractivity contribution in [2.45, 2.75) is 13.5 Å². The average Bonchev–Trinajstić information content (AvgIpc) is 3.14. The number of aryl methyl sites for hydroxylation is 1. The van der Waals surface area contributed by atoms with E-state index in [9.17, 15) is 9.59 Å². The van der Waals surface area contributed by atoms with E-state index in [1.54, 1.807) is 11.0 Å². The molecule has 1 fully saturated rings. The Morgan fingerprint density at radius 1 is 1.07 bits per heavy atom. The Morgan fingerprint density at radius 3 is 2.60 bits per heavy atom. The summed E-state index contributed by atoms with van der Waals surface area (Å²) in [5, 5.41) is 3.41. The molecule has 4 rings (SSSR count). The molecule has 8 heteroatoms. The molecule has 1 aliphatic heterocycles. The van der Waals surface area contributed by atoms with E-state index in [1.807, 2.05) is 54.0 Å². The molecule has 2 aromatic heterocycles. The number of halogens is 1. The van der Waals surface area contributed by atoms with Crippen LogP contribution < -0.4 is 5.32 Å². The molecule has 1 aromatic carbocycles. The minimum absolute atomic E-state index is 0.0142. The van der Waals surface area contributed by atoms with Crippen LogP contribution in [0.25, 0.3) is 5.65 Å². The Hall–Kier alpha value is -2.90. The molecule has 2 amide bonds. The van der Waals surface area contributed by atoms with Gasteiger partial charge in [0.05, 0.1) is 17.3 Å². The van der Waals surface area contributed by atoms with Crippen LogP contribution in [0.15, 0.2) is 48.8 Å². The maximum Gasteiger partial charge on any atom is 0.251 e. The fraction of sp³-hybridized carbons (Fsp3) is 0.318. The van der Waals surface area contributed by atoms with E-state index in [1.165, 1.54) is 0 Å². The number of carbonyl (C=O) groups excluding carboxylic acids is 2. The molecule has 0 saturated carbocycles. The molecule has 1 N–H and O–H groups in total. The number of fused-ring (bicyclic) bond motifs is 1. The maximum absolute atomic E-state index is 12.5. The van der Waals surface area contributed by atoms with E-state index < -0.39 is 0 Å². The van der Waals surface area contributed by atoms with Gasteiger partial charge in [-0.2, -0.15) is 0 Å². The van der Waals surface area contributed by atoms with Crippen LogP contribution in [0.5, 0.6) is 0 Å². The zero-order valence-corrected chi connectivity index (χ0v) is 17.6. The molecular weight excluding hydrogens is 402 g/mol. The van der Waals surface area contributed by atoms with E-state index in [4.69, 9.17) is 11.6 Å². The highest BCUT2D eigenvalue weighted by Crippen LogP contribution is 2.14. The van der Waals surface area contributed by atoms with Gasteiger partial charge in [-0.05, 0) is 30.7 Å². The van der Waals surface area contributed by atoms with Crippen molar-refractivity contribution in [2.24, 2.45) is 0 Å². The molecule has 7 nitrogen and oxygen atoms in total. The third-order valence-corrected chi connectivity index (χ3v) is 5.59. The van der Waals surface area contributed by atoms with Gasteiger partial charge in [-0.1, -0.05) is 29.8 Å². The van der Waals surface area contributed by atoms with Crippen molar-refractivity contribution in [2.75, 3.05) is 32.7 Å². The Bertz CT molecular complexity index is 1070. The number of aromatic nitrogens is 2. The van der Waals surface area contributed by atoms with Crippen molar-refractivity contribution in [3.05, 3.63) is 70.6 Å². The van der Waals surface area contributed by atoms with E-state index in [-0.39, 0.29) is 18.4 Å². The normalized spacial score (nSPS) is 14.8. The molecule has 1 aliphatic rings. The lowest BCUT2D eigenvalue weighted by Gasteiger charge is -2.34.